The van der Waals surface area contributed by atoms with Gasteiger partial charge in [0.25, 0.3) is 0 Å². The first-order valence-corrected chi connectivity index (χ1v) is 25.6. The average molecular weight is 849 g/mol. The average Bonchev–Trinajstić information content (AvgIpc) is 4.23. The number of allylic oxidation sites excluding steroid dienone is 1. The maximum atomic E-state index is 15.8. The van der Waals surface area contributed by atoms with Gasteiger partial charge in [0, 0.05) is 11.1 Å². The third-order valence-electron chi connectivity index (χ3n) is 24.7. The summed E-state index contributed by atoms with van der Waals surface area (Å²) >= 11 is 0. The molecule has 1 aliphatic heterocycles. The molecule has 0 amide bonds. The third-order valence-corrected chi connectivity index (χ3v) is 24.7. The van der Waals surface area contributed by atoms with Gasteiger partial charge in [0.05, 0.1) is 12.2 Å². The number of hydrogen-bond donors (Lipinski definition) is 0. The SMILES string of the molecule is CCOC(=O)C1=C(C)OC23c4c5c6c7c8c9c(c%10c%11c2c2c4c4c%12c5c5c6c6c8c8c%13c9c9c%10c%10c%11c%11c2c2c4c4c%12c%12c5c5c6c8c6c8c%13c9c9c%10c%10c%11c2c2c4c4c%12c5c6c5c8c9c%10c2c45)C173. The fourth-order valence-electron chi connectivity index (χ4n) is 24.8. The smallest absolute Gasteiger partial charge is 0.338 e. The summed E-state index contributed by atoms with van der Waals surface area (Å²) in [6.07, 6.45) is 0. The largest absolute Gasteiger partial charge is 0.480 e. The van der Waals surface area contributed by atoms with E-state index in [0.717, 1.165) is 11.3 Å². The van der Waals surface area contributed by atoms with Gasteiger partial charge < -0.3 is 9.47 Å². The van der Waals surface area contributed by atoms with E-state index in [4.69, 9.17) is 9.47 Å². The summed E-state index contributed by atoms with van der Waals surface area (Å²) in [6.45, 7) is 4.47. The molecule has 0 aromatic heterocycles. The quantitative estimate of drug-likeness (QED) is 0.128. The second-order valence-corrected chi connectivity index (χ2v) is 24.9. The first-order chi connectivity index (χ1) is 34.2. The Balaban J connectivity index is 1.22. The minimum absolute atomic E-state index is 0.190. The lowest BCUT2D eigenvalue weighted by molar-refractivity contribution is -0.139. The standard InChI is InChI=1S/C66H8O3/c1-3-68-64(67)59-4(2)69-66-62-55-49-39-27-19-11-7-5-6-9-13(11)21(27)31-25-17(9)18-10(6)14-12-8(5)16-15(7)23-29(19)37-43-33(23)34-24(16)30-20(12)28-22(14)32-26(18)36-35(25)47(41(31)49)57(62)58-48(36)42(32)50-40(28)46-38(30)44(34)52-51(43)60(53(55)45(37)39)65(59,66)61(52)54(46)56(50)63(58)66/h3H2,1-2H3. The van der Waals surface area contributed by atoms with Crippen molar-refractivity contribution in [2.75, 3.05) is 6.61 Å². The van der Waals surface area contributed by atoms with Gasteiger partial charge in [0.2, 0.25) is 0 Å². The molecule has 0 bridgehead atoms. The molecule has 28 aromatic rings. The first-order valence-electron chi connectivity index (χ1n) is 25.6. The molecule has 5 aliphatic rings. The normalized spacial score (nSPS) is 22.6. The van der Waals surface area contributed by atoms with Crippen molar-refractivity contribution in [2.45, 2.75) is 24.9 Å². The molecular formula is C66H8O3. The molecule has 3 heteroatoms. The van der Waals surface area contributed by atoms with Crippen LogP contribution in [0, 0.1) is 0 Å². The Hall–Kier alpha value is -8.53. The van der Waals surface area contributed by atoms with Crippen LogP contribution in [0.1, 0.15) is 36.1 Å². The number of benzene rings is 18. The molecule has 3 nitrogen and oxygen atoms in total. The van der Waals surface area contributed by atoms with E-state index in [1.54, 1.807) is 172 Å². The van der Waals surface area contributed by atoms with Crippen LogP contribution < -0.4 is 0 Å². The van der Waals surface area contributed by atoms with E-state index in [-0.39, 0.29) is 5.97 Å². The lowest BCUT2D eigenvalue weighted by atomic mass is 9.52. The van der Waals surface area contributed by atoms with Gasteiger partial charge in [-0.05, 0) is 316 Å². The summed E-state index contributed by atoms with van der Waals surface area (Å²) in [6, 6.07) is 0. The Morgan fingerprint density at radius 3 is 0.667 bits per heavy atom. The summed E-state index contributed by atoms with van der Waals surface area (Å²) in [5, 5.41) is 83.5. The number of ether oxygens (including phenoxy) is 2. The van der Waals surface area contributed by atoms with Gasteiger partial charge in [-0.15, -0.1) is 0 Å². The number of esters is 1. The Kier molecular flexibility index (Phi) is 2.10. The number of carbonyl (C=O) groups excluding carboxylic acids is 1. The van der Waals surface area contributed by atoms with Gasteiger partial charge in [0.1, 0.15) is 11.2 Å². The Morgan fingerprint density at radius 1 is 0.304 bits per heavy atom. The van der Waals surface area contributed by atoms with Crippen LogP contribution in [0.3, 0.4) is 0 Å². The highest BCUT2D eigenvalue weighted by molar-refractivity contribution is 6.82. The molecule has 0 fully saturated rings. The number of rotatable bonds is 2. The summed E-state index contributed by atoms with van der Waals surface area (Å²) < 4.78 is 14.8. The lowest BCUT2D eigenvalue weighted by Crippen LogP contribution is -2.52. The molecule has 0 atom stereocenters. The molecule has 290 valence electrons. The van der Waals surface area contributed by atoms with Crippen molar-refractivity contribution in [1.29, 1.82) is 0 Å². The fourth-order valence-corrected chi connectivity index (χ4v) is 24.8. The zero-order valence-electron chi connectivity index (χ0n) is 35.4. The maximum absolute atomic E-state index is 15.8. The van der Waals surface area contributed by atoms with Crippen LogP contribution in [0.2, 0.25) is 0 Å². The van der Waals surface area contributed by atoms with E-state index < -0.39 is 11.0 Å². The van der Waals surface area contributed by atoms with Crippen molar-refractivity contribution >= 4 is 297 Å². The topological polar surface area (TPSA) is 35.5 Å². The van der Waals surface area contributed by atoms with Crippen molar-refractivity contribution in [2.24, 2.45) is 0 Å². The van der Waals surface area contributed by atoms with Crippen LogP contribution in [0.4, 0.5) is 0 Å². The molecule has 28 aromatic carbocycles. The van der Waals surface area contributed by atoms with Gasteiger partial charge in [-0.25, -0.2) is 4.79 Å². The molecular weight excluding hydrogens is 841 g/mol. The van der Waals surface area contributed by atoms with Crippen LogP contribution in [0.25, 0.3) is 291 Å². The minimum atomic E-state index is -0.954. The predicted octanol–water partition coefficient (Wildman–Crippen LogP) is 17.1. The van der Waals surface area contributed by atoms with Crippen LogP contribution in [-0.2, 0) is 25.3 Å². The van der Waals surface area contributed by atoms with Gasteiger partial charge in [-0.3, -0.25) is 0 Å². The van der Waals surface area contributed by atoms with E-state index in [1.807, 2.05) is 6.92 Å². The van der Waals surface area contributed by atoms with Gasteiger partial charge in [0.15, 0.2) is 5.60 Å². The molecule has 1 heterocycles. The zero-order chi connectivity index (χ0) is 41.3. The van der Waals surface area contributed by atoms with Crippen molar-refractivity contribution < 1.29 is 14.3 Å². The molecule has 69 heavy (non-hydrogen) atoms. The molecule has 0 N–H and O–H groups in total. The Morgan fingerprint density at radius 2 is 0.478 bits per heavy atom. The molecule has 2 spiro atoms. The van der Waals surface area contributed by atoms with Crippen LogP contribution in [0.5, 0.6) is 0 Å². The molecule has 0 saturated heterocycles. The maximum Gasteiger partial charge on any atom is 0.338 e. The van der Waals surface area contributed by atoms with Crippen molar-refractivity contribution in [1.82, 2.24) is 0 Å². The summed E-state index contributed by atoms with van der Waals surface area (Å²) in [5.41, 5.74) is 4.51. The summed E-state index contributed by atoms with van der Waals surface area (Å²) in [5.74, 6) is 0.577. The molecule has 33 rings (SSSR count). The summed E-state index contributed by atoms with van der Waals surface area (Å²) in [7, 11) is 0. The van der Waals surface area contributed by atoms with Crippen LogP contribution >= 0.6 is 0 Å². The summed E-state index contributed by atoms with van der Waals surface area (Å²) in [4.78, 5) is 15.8. The van der Waals surface area contributed by atoms with Crippen LogP contribution in [-0.4, -0.2) is 12.6 Å². The second-order valence-electron chi connectivity index (χ2n) is 24.9. The highest BCUT2D eigenvalue weighted by atomic mass is 16.5. The zero-order valence-corrected chi connectivity index (χ0v) is 35.4. The molecule has 0 radical (unpaired) electrons. The van der Waals surface area contributed by atoms with E-state index in [1.165, 1.54) is 141 Å². The lowest BCUT2D eigenvalue weighted by Gasteiger charge is -2.49. The highest BCUT2D eigenvalue weighted by Gasteiger charge is 2.77. The van der Waals surface area contributed by atoms with Gasteiger partial charge in [-0.2, -0.15) is 0 Å². The fraction of sp³-hybridized carbons (Fsp3) is 0.0758. The van der Waals surface area contributed by atoms with E-state index >= 15 is 4.79 Å². The minimum Gasteiger partial charge on any atom is -0.480 e. The highest BCUT2D eigenvalue weighted by Crippen LogP contribution is 2.86. The Bertz CT molecular complexity index is 7080. The van der Waals surface area contributed by atoms with Crippen molar-refractivity contribution in [3.63, 3.8) is 0 Å². The second kappa shape index (κ2) is 5.66. The molecule has 0 unspecified atom stereocenters. The van der Waals surface area contributed by atoms with E-state index in [0.29, 0.717) is 6.61 Å². The third kappa shape index (κ3) is 1.32. The van der Waals surface area contributed by atoms with Crippen molar-refractivity contribution in [3.8, 4) is 0 Å². The Labute approximate surface area is 374 Å². The number of carbonyl (C=O) groups is 1. The van der Waals surface area contributed by atoms with Gasteiger partial charge >= 0.3 is 5.97 Å². The van der Waals surface area contributed by atoms with Gasteiger partial charge in [-0.1, -0.05) is 0 Å². The predicted molar refractivity (Wildman–Crippen MR) is 284 cm³/mol. The first kappa shape index (κ1) is 25.6. The monoisotopic (exact) mass is 848 g/mol. The van der Waals surface area contributed by atoms with Crippen molar-refractivity contribution in [3.05, 3.63) is 33.6 Å². The van der Waals surface area contributed by atoms with Crippen LogP contribution in [0.15, 0.2) is 11.3 Å². The molecule has 4 aliphatic carbocycles. The van der Waals surface area contributed by atoms with E-state index in [9.17, 15) is 0 Å². The van der Waals surface area contributed by atoms with E-state index in [2.05, 4.69) is 6.92 Å². The number of hydrogen-bond acceptors (Lipinski definition) is 3. The molecule has 0 saturated carbocycles.